The number of carbonyl (C=O) groups is 3. The van der Waals surface area contributed by atoms with Gasteiger partial charge in [-0.1, -0.05) is 52.3 Å². The highest BCUT2D eigenvalue weighted by Crippen LogP contribution is 2.37. The fourth-order valence-electron chi connectivity index (χ4n) is 4.61. The van der Waals surface area contributed by atoms with Crippen molar-refractivity contribution in [3.05, 3.63) is 70.2 Å². The lowest BCUT2D eigenvalue weighted by Crippen LogP contribution is -2.52. The fraction of sp³-hybridized carbons (Fsp3) is 0.387. The SMILES string of the molecule is COC(=O)c1cccc2c1OC[C@H](NC[C@H](C)N(C)C(=O)OC(C)(C)C)C(=O)N2Cc1ccc(Br)c2ccccc12. The number of hydrogen-bond donors (Lipinski definition) is 1. The summed E-state index contributed by atoms with van der Waals surface area (Å²) in [5, 5.41) is 5.31. The quantitative estimate of drug-likeness (QED) is 0.345. The van der Waals surface area contributed by atoms with Gasteiger partial charge in [-0.3, -0.25) is 4.79 Å². The number of carbonyl (C=O) groups excluding carboxylic acids is 3. The molecule has 0 saturated heterocycles. The first-order chi connectivity index (χ1) is 19.4. The summed E-state index contributed by atoms with van der Waals surface area (Å²) in [4.78, 5) is 42.4. The van der Waals surface area contributed by atoms with Crippen LogP contribution in [0.1, 0.15) is 43.6 Å². The first-order valence-corrected chi connectivity index (χ1v) is 14.2. The lowest BCUT2D eigenvalue weighted by molar-refractivity contribution is -0.121. The Kier molecular flexibility index (Phi) is 9.24. The van der Waals surface area contributed by atoms with E-state index in [0.29, 0.717) is 12.2 Å². The summed E-state index contributed by atoms with van der Waals surface area (Å²) < 4.78 is 17.6. The third-order valence-corrected chi connectivity index (χ3v) is 7.63. The number of benzene rings is 3. The summed E-state index contributed by atoms with van der Waals surface area (Å²) in [6.45, 7) is 7.85. The topological polar surface area (TPSA) is 97.4 Å². The van der Waals surface area contributed by atoms with E-state index in [1.807, 2.05) is 64.1 Å². The molecular weight excluding hydrogens is 590 g/mol. The molecule has 2 atom stereocenters. The van der Waals surface area contributed by atoms with Gasteiger partial charge in [0.2, 0.25) is 5.91 Å². The van der Waals surface area contributed by atoms with Gasteiger partial charge in [-0.2, -0.15) is 0 Å². The molecule has 0 spiro atoms. The highest BCUT2D eigenvalue weighted by molar-refractivity contribution is 9.10. The van der Waals surface area contributed by atoms with E-state index >= 15 is 0 Å². The van der Waals surface area contributed by atoms with Crippen LogP contribution in [-0.4, -0.2) is 67.9 Å². The van der Waals surface area contributed by atoms with Crippen molar-refractivity contribution in [2.24, 2.45) is 0 Å². The second-order valence-electron chi connectivity index (χ2n) is 11.0. The summed E-state index contributed by atoms with van der Waals surface area (Å²) in [5.74, 6) is -0.482. The first-order valence-electron chi connectivity index (χ1n) is 13.4. The van der Waals surface area contributed by atoms with Crippen molar-refractivity contribution in [2.45, 2.75) is 51.9 Å². The van der Waals surface area contributed by atoms with E-state index in [-0.39, 0.29) is 36.4 Å². The van der Waals surface area contributed by atoms with Crippen molar-refractivity contribution in [3.8, 4) is 5.75 Å². The maximum atomic E-state index is 14.1. The maximum Gasteiger partial charge on any atom is 0.410 e. The van der Waals surface area contributed by atoms with Crippen LogP contribution in [0.25, 0.3) is 10.8 Å². The highest BCUT2D eigenvalue weighted by atomic mass is 79.9. The standard InChI is InChI=1S/C31H36BrN3O6/c1-19(34(5)30(38)41-31(2,3)4)16-33-25-18-40-27-23(29(37)39-6)12-9-13-26(27)35(28(25)36)17-20-14-15-24(32)22-11-8-7-10-21(20)22/h7-15,19,25,33H,16-18H2,1-6H3/t19-,25-/m0/s1. The normalized spacial score (nSPS) is 15.9. The van der Waals surface area contributed by atoms with Crippen molar-refractivity contribution < 1.29 is 28.6 Å². The molecule has 3 aromatic rings. The Bertz CT molecular complexity index is 1450. The number of likely N-dealkylation sites (N-methyl/N-ethyl adjacent to an activating group) is 1. The Balaban J connectivity index is 1.65. The third-order valence-electron chi connectivity index (χ3n) is 6.94. The molecule has 2 amide bonds. The zero-order valence-electron chi connectivity index (χ0n) is 24.2. The van der Waals surface area contributed by atoms with Crippen LogP contribution in [0, 0.1) is 0 Å². The number of esters is 1. The summed E-state index contributed by atoms with van der Waals surface area (Å²) in [6, 6.07) is 16.0. The number of rotatable bonds is 7. The van der Waals surface area contributed by atoms with Crippen LogP contribution >= 0.6 is 15.9 Å². The second-order valence-corrected chi connectivity index (χ2v) is 11.9. The summed E-state index contributed by atoms with van der Waals surface area (Å²) in [5.41, 5.74) is 1.03. The summed E-state index contributed by atoms with van der Waals surface area (Å²) in [6.07, 6.45) is -0.450. The Labute approximate surface area is 248 Å². The molecule has 0 bridgehead atoms. The number of amides is 2. The minimum Gasteiger partial charge on any atom is -0.488 e. The van der Waals surface area contributed by atoms with Gasteiger partial charge in [0.05, 0.1) is 19.3 Å². The molecule has 0 aromatic heterocycles. The highest BCUT2D eigenvalue weighted by Gasteiger charge is 2.35. The van der Waals surface area contributed by atoms with Crippen molar-refractivity contribution in [1.29, 1.82) is 0 Å². The van der Waals surface area contributed by atoms with Gasteiger partial charge in [0.15, 0.2) is 5.75 Å². The van der Waals surface area contributed by atoms with Crippen molar-refractivity contribution in [2.75, 3.05) is 32.2 Å². The minimum absolute atomic E-state index is 0.0136. The van der Waals surface area contributed by atoms with E-state index in [1.165, 1.54) is 12.0 Å². The lowest BCUT2D eigenvalue weighted by atomic mass is 10.0. The van der Waals surface area contributed by atoms with Gasteiger partial charge >= 0.3 is 12.1 Å². The van der Waals surface area contributed by atoms with Gasteiger partial charge < -0.3 is 29.3 Å². The van der Waals surface area contributed by atoms with Crippen molar-refractivity contribution in [3.63, 3.8) is 0 Å². The van der Waals surface area contributed by atoms with Gasteiger partial charge in [-0.05, 0) is 62.2 Å². The molecule has 0 radical (unpaired) electrons. The van der Waals surface area contributed by atoms with Crippen molar-refractivity contribution >= 4 is 50.4 Å². The fourth-order valence-corrected chi connectivity index (χ4v) is 5.09. The predicted octanol–water partition coefficient (Wildman–Crippen LogP) is 5.53. The number of nitrogens with one attached hydrogen (secondary N) is 1. The maximum absolute atomic E-state index is 14.1. The predicted molar refractivity (Wildman–Crippen MR) is 161 cm³/mol. The van der Waals surface area contributed by atoms with Crippen LogP contribution in [0.15, 0.2) is 59.1 Å². The van der Waals surface area contributed by atoms with Crippen LogP contribution in [0.5, 0.6) is 5.75 Å². The Morgan fingerprint density at radius 3 is 2.51 bits per heavy atom. The number of ether oxygens (including phenoxy) is 3. The molecule has 3 aromatic carbocycles. The van der Waals surface area contributed by atoms with Crippen LogP contribution in [0.4, 0.5) is 10.5 Å². The average Bonchev–Trinajstić information content (AvgIpc) is 3.07. The Morgan fingerprint density at radius 2 is 1.83 bits per heavy atom. The smallest absolute Gasteiger partial charge is 0.410 e. The number of fused-ring (bicyclic) bond motifs is 2. The van der Waals surface area contributed by atoms with E-state index in [2.05, 4.69) is 21.2 Å². The monoisotopic (exact) mass is 625 g/mol. The largest absolute Gasteiger partial charge is 0.488 e. The number of hydrogen-bond acceptors (Lipinski definition) is 7. The van der Waals surface area contributed by atoms with Crippen LogP contribution in [-0.2, 0) is 20.8 Å². The van der Waals surface area contributed by atoms with Crippen LogP contribution < -0.4 is 15.0 Å². The Hall–Kier alpha value is -3.63. The van der Waals surface area contributed by atoms with Gasteiger partial charge in [0.1, 0.15) is 23.8 Å². The van der Waals surface area contributed by atoms with E-state index in [9.17, 15) is 14.4 Å². The second kappa shape index (κ2) is 12.5. The molecule has 41 heavy (non-hydrogen) atoms. The number of nitrogens with zero attached hydrogens (tertiary/aromatic N) is 2. The number of methoxy groups -OCH3 is 1. The molecule has 218 valence electrons. The number of anilines is 1. The first kappa shape index (κ1) is 30.3. The van der Waals surface area contributed by atoms with E-state index in [4.69, 9.17) is 14.2 Å². The van der Waals surface area contributed by atoms with E-state index < -0.39 is 23.7 Å². The molecule has 10 heteroatoms. The molecule has 1 aliphatic heterocycles. The molecule has 1 aliphatic rings. The van der Waals surface area contributed by atoms with Crippen LogP contribution in [0.3, 0.4) is 0 Å². The van der Waals surface area contributed by atoms with Crippen LogP contribution in [0.2, 0.25) is 0 Å². The van der Waals surface area contributed by atoms with Gasteiger partial charge in [-0.15, -0.1) is 0 Å². The number of para-hydroxylation sites is 1. The van der Waals surface area contributed by atoms with Gasteiger partial charge in [-0.25, -0.2) is 9.59 Å². The van der Waals surface area contributed by atoms with E-state index in [1.54, 1.807) is 30.1 Å². The number of halogens is 1. The Morgan fingerprint density at radius 1 is 1.12 bits per heavy atom. The zero-order chi connectivity index (χ0) is 29.9. The molecule has 9 nitrogen and oxygen atoms in total. The van der Waals surface area contributed by atoms with E-state index in [0.717, 1.165) is 20.8 Å². The third kappa shape index (κ3) is 6.82. The van der Waals surface area contributed by atoms with Crippen molar-refractivity contribution in [1.82, 2.24) is 10.2 Å². The minimum atomic E-state index is -0.746. The van der Waals surface area contributed by atoms with Gasteiger partial charge in [0.25, 0.3) is 0 Å². The molecule has 0 saturated carbocycles. The summed E-state index contributed by atoms with van der Waals surface area (Å²) in [7, 11) is 2.97. The summed E-state index contributed by atoms with van der Waals surface area (Å²) >= 11 is 3.62. The molecule has 0 aliphatic carbocycles. The molecule has 0 fully saturated rings. The molecule has 1 heterocycles. The van der Waals surface area contributed by atoms with Gasteiger partial charge in [0, 0.05) is 24.1 Å². The molecule has 4 rings (SSSR count). The molecule has 0 unspecified atom stereocenters. The lowest BCUT2D eigenvalue weighted by Gasteiger charge is -2.30. The average molecular weight is 627 g/mol. The molecular formula is C31H36BrN3O6. The zero-order valence-corrected chi connectivity index (χ0v) is 25.8. The molecule has 1 N–H and O–H groups in total.